The molecule has 156 valence electrons. The van der Waals surface area contributed by atoms with Crippen LogP contribution in [0.3, 0.4) is 0 Å². The van der Waals surface area contributed by atoms with Crippen LogP contribution >= 0.6 is 35.3 Å². The zero-order chi connectivity index (χ0) is 21.8. The number of hydrogen-bond acceptors (Lipinski definition) is 6. The summed E-state index contributed by atoms with van der Waals surface area (Å²) in [5.41, 5.74) is 1.21. The zero-order valence-electron chi connectivity index (χ0n) is 15.2. The monoisotopic (exact) mass is 468 g/mol. The Morgan fingerprint density at radius 1 is 1.20 bits per heavy atom. The first-order valence-corrected chi connectivity index (χ1v) is 10.6. The molecule has 3 rings (SSSR count). The predicted molar refractivity (Wildman–Crippen MR) is 115 cm³/mol. The molecule has 0 unspecified atom stereocenters. The van der Waals surface area contributed by atoms with Crippen molar-refractivity contribution in [3.63, 3.8) is 0 Å². The lowest BCUT2D eigenvalue weighted by atomic mass is 10.1. The van der Waals surface area contributed by atoms with Crippen molar-refractivity contribution in [3.8, 4) is 11.1 Å². The van der Waals surface area contributed by atoms with E-state index in [1.54, 1.807) is 17.5 Å². The number of carboxylic acids is 1. The van der Waals surface area contributed by atoms with Gasteiger partial charge in [-0.25, -0.2) is 8.78 Å². The summed E-state index contributed by atoms with van der Waals surface area (Å²) in [4.78, 5) is 37.1. The second-order valence-electron chi connectivity index (χ2n) is 6.12. The fourth-order valence-corrected chi connectivity index (χ4v) is 4.78. The van der Waals surface area contributed by atoms with Crippen LogP contribution in [0.15, 0.2) is 34.6 Å². The maximum absolute atomic E-state index is 13.4. The van der Waals surface area contributed by atoms with Crippen LogP contribution in [0.25, 0.3) is 17.2 Å². The molecule has 2 heterocycles. The van der Waals surface area contributed by atoms with Crippen LogP contribution in [0.2, 0.25) is 0 Å². The molecule has 1 saturated heterocycles. The van der Waals surface area contributed by atoms with Crippen LogP contribution in [0.5, 0.6) is 0 Å². The van der Waals surface area contributed by atoms with Crippen molar-refractivity contribution in [2.45, 2.75) is 6.42 Å². The number of carboxylic acid groups (broad SMARTS) is 1. The van der Waals surface area contributed by atoms with Crippen LogP contribution in [0.1, 0.15) is 11.3 Å². The van der Waals surface area contributed by atoms with E-state index in [1.807, 2.05) is 0 Å². The Morgan fingerprint density at radius 2 is 1.97 bits per heavy atom. The number of hydrogen-bond donors (Lipinski definition) is 2. The minimum atomic E-state index is -1.16. The topological polar surface area (TPSA) is 86.7 Å². The van der Waals surface area contributed by atoms with Gasteiger partial charge in [0.2, 0.25) is 5.91 Å². The summed E-state index contributed by atoms with van der Waals surface area (Å²) < 4.78 is 26.9. The van der Waals surface area contributed by atoms with E-state index in [0.717, 1.165) is 28.8 Å². The zero-order valence-corrected chi connectivity index (χ0v) is 17.6. The van der Waals surface area contributed by atoms with E-state index in [-0.39, 0.29) is 18.9 Å². The van der Waals surface area contributed by atoms with E-state index in [9.17, 15) is 23.2 Å². The number of nitrogens with zero attached hydrogens (tertiary/aromatic N) is 1. The lowest BCUT2D eigenvalue weighted by Crippen LogP contribution is -2.35. The number of carbonyl (C=O) groups is 3. The van der Waals surface area contributed by atoms with Crippen LogP contribution in [-0.4, -0.2) is 45.2 Å². The molecule has 0 saturated carbocycles. The highest BCUT2D eigenvalue weighted by Crippen LogP contribution is 2.35. The van der Waals surface area contributed by atoms with Gasteiger partial charge in [-0.3, -0.25) is 19.3 Å². The number of rotatable bonds is 7. The van der Waals surface area contributed by atoms with Crippen molar-refractivity contribution in [1.82, 2.24) is 10.2 Å². The summed E-state index contributed by atoms with van der Waals surface area (Å²) in [7, 11) is 0. The lowest BCUT2D eigenvalue weighted by molar-refractivity contribution is -0.138. The van der Waals surface area contributed by atoms with Gasteiger partial charge >= 0.3 is 5.97 Å². The van der Waals surface area contributed by atoms with E-state index in [1.165, 1.54) is 22.3 Å². The molecule has 1 aromatic heterocycles. The molecule has 11 heteroatoms. The summed E-state index contributed by atoms with van der Waals surface area (Å²) in [5.74, 6) is -3.86. The van der Waals surface area contributed by atoms with Gasteiger partial charge in [-0.2, -0.15) is 0 Å². The van der Waals surface area contributed by atoms with Gasteiger partial charge in [0, 0.05) is 17.8 Å². The molecule has 1 aliphatic heterocycles. The Morgan fingerprint density at radius 3 is 2.67 bits per heavy atom. The average Bonchev–Trinajstić information content (AvgIpc) is 3.26. The van der Waals surface area contributed by atoms with E-state index in [4.69, 9.17) is 17.3 Å². The summed E-state index contributed by atoms with van der Waals surface area (Å²) in [6, 6.07) is 5.39. The Bertz CT molecular complexity index is 1070. The summed E-state index contributed by atoms with van der Waals surface area (Å²) in [6.07, 6.45) is 1.57. The molecule has 1 aromatic carbocycles. The van der Waals surface area contributed by atoms with Crippen LogP contribution in [0.4, 0.5) is 8.78 Å². The van der Waals surface area contributed by atoms with Crippen LogP contribution < -0.4 is 5.32 Å². The highest BCUT2D eigenvalue weighted by molar-refractivity contribution is 8.26. The molecular weight excluding hydrogens is 454 g/mol. The second-order valence-corrected chi connectivity index (χ2v) is 8.74. The number of carbonyl (C=O) groups excluding carboxylic acids is 2. The van der Waals surface area contributed by atoms with Gasteiger partial charge in [-0.05, 0) is 40.8 Å². The lowest BCUT2D eigenvalue weighted by Gasteiger charge is -2.13. The standard InChI is InChI=1S/C19H14F2N2O4S3/c20-13-2-1-10(6-14(13)21)11-5-12(29-9-11)7-15-18(27)23(19(28)30-15)4-3-16(24)22-8-17(25)26/h1-2,5-7,9H,3-4,8H2,(H,22,24)(H,25,26)/b15-7-. The van der Waals surface area contributed by atoms with Crippen LogP contribution in [-0.2, 0) is 14.4 Å². The summed E-state index contributed by atoms with van der Waals surface area (Å²) in [5, 5.41) is 12.5. The van der Waals surface area contributed by atoms with Crippen LogP contribution in [0, 0.1) is 11.6 Å². The molecule has 0 atom stereocenters. The number of thiocarbonyl (C=S) groups is 1. The molecule has 0 radical (unpaired) electrons. The van der Waals surface area contributed by atoms with Crippen molar-refractivity contribution in [1.29, 1.82) is 0 Å². The Balaban J connectivity index is 1.67. The minimum absolute atomic E-state index is 0.0397. The molecule has 2 amide bonds. The largest absolute Gasteiger partial charge is 0.480 e. The molecule has 0 bridgehead atoms. The molecule has 2 N–H and O–H groups in total. The van der Waals surface area contributed by atoms with Gasteiger partial charge in [0.25, 0.3) is 5.91 Å². The molecule has 0 aliphatic carbocycles. The van der Waals surface area contributed by atoms with E-state index < -0.39 is 30.1 Å². The molecule has 1 aliphatic rings. The summed E-state index contributed by atoms with van der Waals surface area (Å²) >= 11 is 7.63. The quantitative estimate of drug-likeness (QED) is 0.478. The van der Waals surface area contributed by atoms with Gasteiger partial charge in [-0.15, -0.1) is 11.3 Å². The number of thioether (sulfide) groups is 1. The Kier molecular flexibility index (Phi) is 6.95. The van der Waals surface area contributed by atoms with Gasteiger partial charge in [-0.1, -0.05) is 30.0 Å². The van der Waals surface area contributed by atoms with Crippen molar-refractivity contribution < 1.29 is 28.3 Å². The first kappa shape index (κ1) is 22.1. The second kappa shape index (κ2) is 9.45. The highest BCUT2D eigenvalue weighted by atomic mass is 32.2. The number of thiophene rings is 1. The van der Waals surface area contributed by atoms with Gasteiger partial charge < -0.3 is 10.4 Å². The fourth-order valence-electron chi connectivity index (χ4n) is 2.55. The molecule has 1 fully saturated rings. The smallest absolute Gasteiger partial charge is 0.322 e. The van der Waals surface area contributed by atoms with E-state index in [0.29, 0.717) is 20.4 Å². The van der Waals surface area contributed by atoms with Crippen molar-refractivity contribution in [2.24, 2.45) is 0 Å². The SMILES string of the molecule is O=C(O)CNC(=O)CCN1C(=O)/C(=C/c2cc(-c3ccc(F)c(F)c3)cs2)SC1=S. The van der Waals surface area contributed by atoms with E-state index in [2.05, 4.69) is 5.32 Å². The average molecular weight is 469 g/mol. The first-order chi connectivity index (χ1) is 14.2. The highest BCUT2D eigenvalue weighted by Gasteiger charge is 2.32. The minimum Gasteiger partial charge on any atom is -0.480 e. The normalized spacial score (nSPS) is 15.1. The van der Waals surface area contributed by atoms with Crippen molar-refractivity contribution in [2.75, 3.05) is 13.1 Å². The summed E-state index contributed by atoms with van der Waals surface area (Å²) in [6.45, 7) is -0.451. The molecule has 6 nitrogen and oxygen atoms in total. The van der Waals surface area contributed by atoms with Gasteiger partial charge in [0.1, 0.15) is 10.9 Å². The number of nitrogens with one attached hydrogen (secondary N) is 1. The van der Waals surface area contributed by atoms with Gasteiger partial charge in [0.15, 0.2) is 11.6 Å². The van der Waals surface area contributed by atoms with Crippen molar-refractivity contribution >= 4 is 63.5 Å². The van der Waals surface area contributed by atoms with Gasteiger partial charge in [0.05, 0.1) is 4.91 Å². The van der Waals surface area contributed by atoms with E-state index >= 15 is 0 Å². The molecule has 2 aromatic rings. The number of aliphatic carboxylic acids is 1. The Hall–Kier alpha value is -2.63. The molecule has 30 heavy (non-hydrogen) atoms. The molecular formula is C19H14F2N2O4S3. The third kappa shape index (κ3) is 5.29. The van der Waals surface area contributed by atoms with Crippen molar-refractivity contribution in [3.05, 3.63) is 51.1 Å². The number of halogens is 2. The number of benzene rings is 1. The Labute approximate surface area is 183 Å². The molecule has 0 spiro atoms. The maximum atomic E-state index is 13.4. The third-order valence-corrected chi connectivity index (χ3v) is 6.28. The number of amides is 2. The first-order valence-electron chi connectivity index (χ1n) is 8.52. The predicted octanol–water partition coefficient (Wildman–Crippen LogP) is 3.49. The maximum Gasteiger partial charge on any atom is 0.322 e. The third-order valence-electron chi connectivity index (χ3n) is 4.02. The fraction of sp³-hybridized carbons (Fsp3) is 0.158.